The molecular weight excluding hydrogens is 771 g/mol. The molecule has 7 rings (SSSR count). The van der Waals surface area contributed by atoms with Crippen LogP contribution in [0.1, 0.15) is 52.7 Å². The largest absolute Gasteiger partial charge is 0.392 e. The molecule has 5 aromatic carbocycles. The van der Waals surface area contributed by atoms with E-state index in [0.29, 0.717) is 5.75 Å². The Bertz CT molecular complexity index is 2390. The molecule has 6 aromatic rings. The minimum absolute atomic E-state index is 0.0171. The van der Waals surface area contributed by atoms with Crippen molar-refractivity contribution in [2.45, 2.75) is 68.0 Å². The number of aliphatic hydroxyl groups is 1. The minimum atomic E-state index is -3.98. The Kier molecular flexibility index (Phi) is 13.2. The maximum atomic E-state index is 13.8. The van der Waals surface area contributed by atoms with Crippen LogP contribution in [0.3, 0.4) is 0 Å². The summed E-state index contributed by atoms with van der Waals surface area (Å²) in [5, 5.41) is 21.7. The Morgan fingerprint density at radius 3 is 2.24 bits per heavy atom. The van der Waals surface area contributed by atoms with E-state index in [4.69, 9.17) is 9.47 Å². The third-order valence-corrected chi connectivity index (χ3v) is 13.0. The number of nitrogens with zero attached hydrogens (tertiary/aromatic N) is 3. The second kappa shape index (κ2) is 18.6. The third-order valence-electron chi connectivity index (χ3n) is 10.4. The van der Waals surface area contributed by atoms with Gasteiger partial charge in [-0.05, 0) is 58.9 Å². The van der Waals surface area contributed by atoms with Crippen LogP contribution in [0.15, 0.2) is 144 Å². The number of aryl methyl sites for hydroxylation is 2. The lowest BCUT2D eigenvalue weighted by atomic mass is 9.91. The maximum Gasteiger partial charge on any atom is 0.241 e. The quantitative estimate of drug-likeness (QED) is 0.0928. The molecule has 0 radical (unpaired) electrons. The molecule has 0 saturated carbocycles. The fourth-order valence-electron chi connectivity index (χ4n) is 6.96. The number of thioether (sulfide) groups is 1. The molecule has 0 aliphatic carbocycles. The van der Waals surface area contributed by atoms with E-state index in [1.165, 1.54) is 0 Å². The first-order valence-corrected chi connectivity index (χ1v) is 21.6. The summed E-state index contributed by atoms with van der Waals surface area (Å²) in [4.78, 5) is 13.9. The topological polar surface area (TPSA) is 145 Å². The molecule has 0 spiro atoms. The van der Waals surface area contributed by atoms with Gasteiger partial charge in [0.25, 0.3) is 0 Å². The molecule has 0 bridgehead atoms. The number of hydrogen-bond donors (Lipinski definition) is 3. The van der Waals surface area contributed by atoms with Crippen molar-refractivity contribution in [3.05, 3.63) is 167 Å². The molecule has 1 saturated heterocycles. The van der Waals surface area contributed by atoms with E-state index in [0.717, 1.165) is 49.7 Å². The highest BCUT2D eigenvalue weighted by molar-refractivity contribution is 7.99. The Balaban J connectivity index is 1.08. The number of hydrogen-bond acceptors (Lipinski definition) is 9. The molecule has 11 nitrogen and oxygen atoms in total. The van der Waals surface area contributed by atoms with Crippen LogP contribution in [0.5, 0.6) is 0 Å². The first kappa shape index (κ1) is 41.0. The summed E-state index contributed by atoms with van der Waals surface area (Å²) in [5.41, 5.74) is 7.19. The molecule has 300 valence electrons. The summed E-state index contributed by atoms with van der Waals surface area (Å²) in [6.45, 7) is 4.17. The standard InChI is InChI=1S/C45H47N5O6S2/c1-30-13-23-38(24-14-30)58(53,54)49-40(25-32-9-5-4-6-10-32)43(52)46-26-37-11-7-8-12-39(37)34-19-21-36(22-20-34)44-55-41(28-57-45-48-47-29-50(45)3)31(2)42(56-44)35-17-15-33(27-51)16-18-35/h4-24,29,31,40-42,44,49,51H,25-28H2,1-3H3,(H,46,52)/t31-,40+,41+,42+,44+/m0/s1. The number of ether oxygens (including phenoxy) is 2. The van der Waals surface area contributed by atoms with E-state index in [-0.39, 0.29) is 42.6 Å². The number of benzene rings is 5. The lowest BCUT2D eigenvalue weighted by Gasteiger charge is -2.41. The fraction of sp³-hybridized carbons (Fsp3) is 0.267. The predicted octanol–water partition coefficient (Wildman–Crippen LogP) is 7.07. The van der Waals surface area contributed by atoms with Crippen LogP contribution < -0.4 is 10.0 Å². The van der Waals surface area contributed by atoms with Crippen LogP contribution in [0.4, 0.5) is 0 Å². The first-order valence-electron chi connectivity index (χ1n) is 19.1. The number of amides is 1. The highest BCUT2D eigenvalue weighted by Gasteiger charge is 2.38. The number of aliphatic hydroxyl groups excluding tert-OH is 1. The zero-order valence-corrected chi connectivity index (χ0v) is 34.2. The summed E-state index contributed by atoms with van der Waals surface area (Å²) in [5.74, 6) is 0.233. The third kappa shape index (κ3) is 9.92. The average Bonchev–Trinajstić information content (AvgIpc) is 3.67. The molecule has 0 unspecified atom stereocenters. The molecule has 1 fully saturated rings. The predicted molar refractivity (Wildman–Crippen MR) is 224 cm³/mol. The molecule has 2 heterocycles. The number of rotatable bonds is 15. The van der Waals surface area contributed by atoms with Crippen molar-refractivity contribution in [2.24, 2.45) is 13.0 Å². The highest BCUT2D eigenvalue weighted by Crippen LogP contribution is 2.43. The second-order valence-electron chi connectivity index (χ2n) is 14.5. The van der Waals surface area contributed by atoms with Crippen molar-refractivity contribution in [3.8, 4) is 11.1 Å². The average molecular weight is 818 g/mol. The molecule has 1 aliphatic heterocycles. The van der Waals surface area contributed by atoms with Gasteiger partial charge in [0.05, 0.1) is 23.7 Å². The van der Waals surface area contributed by atoms with Gasteiger partial charge >= 0.3 is 0 Å². The van der Waals surface area contributed by atoms with Gasteiger partial charge in [0, 0.05) is 30.8 Å². The lowest BCUT2D eigenvalue weighted by molar-refractivity contribution is -0.268. The van der Waals surface area contributed by atoms with Gasteiger partial charge in [-0.25, -0.2) is 8.42 Å². The maximum absolute atomic E-state index is 13.8. The molecule has 1 aliphatic rings. The highest BCUT2D eigenvalue weighted by atomic mass is 32.2. The van der Waals surface area contributed by atoms with Crippen molar-refractivity contribution < 1.29 is 27.8 Å². The number of sulfonamides is 1. The Morgan fingerprint density at radius 2 is 1.55 bits per heavy atom. The Morgan fingerprint density at radius 1 is 0.862 bits per heavy atom. The van der Waals surface area contributed by atoms with E-state index in [9.17, 15) is 18.3 Å². The first-order chi connectivity index (χ1) is 28.1. The van der Waals surface area contributed by atoms with Crippen molar-refractivity contribution in [3.63, 3.8) is 0 Å². The normalized spacial score (nSPS) is 18.8. The van der Waals surface area contributed by atoms with E-state index in [1.54, 1.807) is 42.4 Å². The van der Waals surface area contributed by atoms with Crippen LogP contribution in [-0.2, 0) is 50.9 Å². The van der Waals surface area contributed by atoms with Crippen LogP contribution in [0.25, 0.3) is 11.1 Å². The smallest absolute Gasteiger partial charge is 0.241 e. The van der Waals surface area contributed by atoms with Gasteiger partial charge in [-0.1, -0.05) is 140 Å². The Hall–Kier alpha value is -5.15. The molecule has 58 heavy (non-hydrogen) atoms. The minimum Gasteiger partial charge on any atom is -0.392 e. The molecule has 3 N–H and O–H groups in total. The van der Waals surface area contributed by atoms with Gasteiger partial charge < -0.3 is 24.5 Å². The monoisotopic (exact) mass is 817 g/mol. The van der Waals surface area contributed by atoms with Gasteiger partial charge in [0.1, 0.15) is 12.4 Å². The van der Waals surface area contributed by atoms with Crippen molar-refractivity contribution >= 4 is 27.7 Å². The summed E-state index contributed by atoms with van der Waals surface area (Å²) in [6.07, 6.45) is 0.794. The van der Waals surface area contributed by atoms with Crippen LogP contribution in [0.2, 0.25) is 0 Å². The van der Waals surface area contributed by atoms with Crippen molar-refractivity contribution in [2.75, 3.05) is 5.75 Å². The number of aromatic nitrogens is 3. The van der Waals surface area contributed by atoms with Gasteiger partial charge in [0.2, 0.25) is 15.9 Å². The SMILES string of the molecule is Cc1ccc(S(=O)(=O)N[C@H](Cc2ccccc2)C(=O)NCc2ccccc2-c2ccc([C@@H]3O[C@H](CSc4nncn4C)[C@H](C)[C@H](c4ccc(CO)cc4)O3)cc2)cc1. The molecule has 13 heteroatoms. The van der Waals surface area contributed by atoms with Crippen LogP contribution in [-0.4, -0.2) is 52.1 Å². The van der Waals surface area contributed by atoms with E-state index >= 15 is 0 Å². The zero-order valence-electron chi connectivity index (χ0n) is 32.6. The summed E-state index contributed by atoms with van der Waals surface area (Å²) in [6, 6.07) is 38.5. The fourth-order valence-corrected chi connectivity index (χ4v) is 9.21. The van der Waals surface area contributed by atoms with Gasteiger partial charge in [-0.15, -0.1) is 10.2 Å². The van der Waals surface area contributed by atoms with Gasteiger partial charge in [-0.3, -0.25) is 4.79 Å². The van der Waals surface area contributed by atoms with E-state index in [1.807, 2.05) is 122 Å². The number of carbonyl (C=O) groups is 1. The molecular formula is C45H47N5O6S2. The number of nitrogens with one attached hydrogen (secondary N) is 2. The molecule has 1 aromatic heterocycles. The van der Waals surface area contributed by atoms with Crippen LogP contribution in [0, 0.1) is 12.8 Å². The lowest BCUT2D eigenvalue weighted by Crippen LogP contribution is -2.47. The van der Waals surface area contributed by atoms with E-state index < -0.39 is 28.3 Å². The van der Waals surface area contributed by atoms with Gasteiger partial charge in [0.15, 0.2) is 11.4 Å². The molecule has 1 amide bonds. The van der Waals surface area contributed by atoms with Crippen molar-refractivity contribution in [1.82, 2.24) is 24.8 Å². The second-order valence-corrected chi connectivity index (χ2v) is 17.2. The summed E-state index contributed by atoms with van der Waals surface area (Å²) < 4.78 is 44.7. The summed E-state index contributed by atoms with van der Waals surface area (Å²) >= 11 is 1.59. The van der Waals surface area contributed by atoms with Crippen molar-refractivity contribution in [1.29, 1.82) is 0 Å². The van der Waals surface area contributed by atoms with Crippen LogP contribution >= 0.6 is 11.8 Å². The Labute approximate surface area is 343 Å². The zero-order chi connectivity index (χ0) is 40.6. The molecule has 5 atom stereocenters. The summed E-state index contributed by atoms with van der Waals surface area (Å²) in [7, 11) is -2.07. The van der Waals surface area contributed by atoms with E-state index in [2.05, 4.69) is 27.2 Å². The number of carbonyl (C=O) groups excluding carboxylic acids is 1. The van der Waals surface area contributed by atoms with Gasteiger partial charge in [-0.2, -0.15) is 4.72 Å².